The number of nitrogens with two attached hydrogens (primary N) is 2. The molecule has 0 saturated heterocycles. The summed E-state index contributed by atoms with van der Waals surface area (Å²) in [5, 5.41) is 22.1. The van der Waals surface area contributed by atoms with Crippen LogP contribution in [-0.2, 0) is 19.3 Å². The quantitative estimate of drug-likeness (QED) is 0.0466. The molecule has 1 aliphatic rings. The molecule has 0 aliphatic heterocycles. The average molecular weight is 893 g/mol. The molecule has 0 atom stereocenters. The van der Waals surface area contributed by atoms with E-state index in [1.807, 2.05) is 62.4 Å². The standard InChI is InChI=1S/C46H45ClN14O4/c1-3-62-45-52-36(48)24-38(54-45)64-32-17-13-28(14-18-32)41-56-43(60-58-41)50-31-22-26(2)40(47)30(23-31)10-7-21-63-46-53-37(49)25-39(55-46)65-33-19-15-29(16-20-33)42-57-44(61-59-42)51-35-12-6-9-27-8-4-5-11-34(27)35/h6,9,12-20,22-25H,3-5,7-8,10-11,21H2,1-2H3,(H2,48,52,54)(H2,49,53,55)(H2,50,56,58,60)(H2,51,57,59,61). The predicted octanol–water partition coefficient (Wildman–Crippen LogP) is 9.32. The maximum Gasteiger partial charge on any atom is 0.321 e. The first-order valence-corrected chi connectivity index (χ1v) is 21.5. The van der Waals surface area contributed by atoms with Gasteiger partial charge in [0.05, 0.1) is 13.2 Å². The van der Waals surface area contributed by atoms with Crippen LogP contribution in [0.25, 0.3) is 22.8 Å². The van der Waals surface area contributed by atoms with Crippen molar-refractivity contribution < 1.29 is 18.9 Å². The van der Waals surface area contributed by atoms with Crippen LogP contribution in [0.3, 0.4) is 0 Å². The van der Waals surface area contributed by atoms with Gasteiger partial charge in [0.25, 0.3) is 0 Å². The molecular weight excluding hydrogens is 848 g/mol. The zero-order valence-corrected chi connectivity index (χ0v) is 36.3. The number of rotatable bonds is 17. The van der Waals surface area contributed by atoms with Gasteiger partial charge in [-0.15, -0.1) is 10.2 Å². The SMILES string of the molecule is CCOc1nc(N)cc(Oc2ccc(-c3nc(Nc4cc(C)c(Cl)c(CCCOc5nc(N)cc(Oc6ccc(-c7nc(Nc8cccc9c8CCCC9)n[nH]7)cc6)n5)c4)n[nH]3)cc2)n1. The van der Waals surface area contributed by atoms with Gasteiger partial charge in [-0.05, 0) is 141 Å². The average Bonchev–Trinajstić information content (AvgIpc) is 3.97. The van der Waals surface area contributed by atoms with Crippen LogP contribution in [0.1, 0.15) is 48.4 Å². The van der Waals surface area contributed by atoms with Crippen LogP contribution in [0.5, 0.6) is 35.3 Å². The van der Waals surface area contributed by atoms with Crippen molar-refractivity contribution in [2.24, 2.45) is 0 Å². The lowest BCUT2D eigenvalue weighted by atomic mass is 9.90. The molecule has 18 nitrogen and oxygen atoms in total. The summed E-state index contributed by atoms with van der Waals surface area (Å²) in [6.45, 7) is 4.50. The van der Waals surface area contributed by atoms with E-state index in [0.29, 0.717) is 66.1 Å². The Bertz CT molecular complexity index is 2920. The summed E-state index contributed by atoms with van der Waals surface area (Å²) in [7, 11) is 0. The van der Waals surface area contributed by atoms with Gasteiger partial charge in [0.2, 0.25) is 23.7 Å². The smallest absolute Gasteiger partial charge is 0.321 e. The lowest BCUT2D eigenvalue weighted by Gasteiger charge is -2.19. The third kappa shape index (κ3) is 10.5. The molecule has 0 spiro atoms. The van der Waals surface area contributed by atoms with Crippen molar-refractivity contribution >= 4 is 46.5 Å². The second-order valence-corrected chi connectivity index (χ2v) is 15.5. The second kappa shape index (κ2) is 19.2. The molecule has 0 amide bonds. The van der Waals surface area contributed by atoms with Crippen LogP contribution in [0.2, 0.25) is 5.02 Å². The molecule has 330 valence electrons. The Kier molecular flexibility index (Phi) is 12.5. The highest BCUT2D eigenvalue weighted by Crippen LogP contribution is 2.32. The molecule has 0 radical (unpaired) electrons. The number of hydrogen-bond donors (Lipinski definition) is 6. The minimum Gasteiger partial charge on any atom is -0.464 e. The highest BCUT2D eigenvalue weighted by Gasteiger charge is 2.16. The number of ether oxygens (including phenoxy) is 4. The van der Waals surface area contributed by atoms with E-state index in [4.69, 9.17) is 42.0 Å². The minimum atomic E-state index is 0.102. The number of fused-ring (bicyclic) bond motifs is 1. The normalized spacial score (nSPS) is 12.0. The zero-order valence-electron chi connectivity index (χ0n) is 35.6. The molecule has 0 bridgehead atoms. The first kappa shape index (κ1) is 42.3. The molecule has 4 aromatic heterocycles. The number of benzene rings is 4. The summed E-state index contributed by atoms with van der Waals surface area (Å²) in [6.07, 6.45) is 5.81. The third-order valence-corrected chi connectivity index (χ3v) is 10.9. The molecule has 9 rings (SSSR count). The highest BCUT2D eigenvalue weighted by molar-refractivity contribution is 6.32. The number of anilines is 6. The van der Waals surface area contributed by atoms with E-state index < -0.39 is 0 Å². The van der Waals surface area contributed by atoms with Crippen molar-refractivity contribution in [1.82, 2.24) is 50.3 Å². The maximum atomic E-state index is 6.75. The van der Waals surface area contributed by atoms with Gasteiger partial charge in [-0.3, -0.25) is 10.2 Å². The third-order valence-electron chi connectivity index (χ3n) is 10.4. The van der Waals surface area contributed by atoms with Crippen molar-refractivity contribution in [2.45, 2.75) is 52.4 Å². The van der Waals surface area contributed by atoms with Crippen molar-refractivity contribution in [3.63, 3.8) is 0 Å². The second-order valence-electron chi connectivity index (χ2n) is 15.1. The lowest BCUT2D eigenvalue weighted by Crippen LogP contribution is -2.06. The Morgan fingerprint density at radius 1 is 0.677 bits per heavy atom. The van der Waals surface area contributed by atoms with E-state index in [1.54, 1.807) is 18.2 Å². The molecule has 0 fully saturated rings. The van der Waals surface area contributed by atoms with Gasteiger partial charge >= 0.3 is 12.0 Å². The molecular formula is C46H45ClN14O4. The number of halogens is 1. The molecule has 0 unspecified atom stereocenters. The van der Waals surface area contributed by atoms with E-state index >= 15 is 0 Å². The number of hydrogen-bond acceptors (Lipinski definition) is 16. The summed E-state index contributed by atoms with van der Waals surface area (Å²) in [5.74, 6) is 4.17. The van der Waals surface area contributed by atoms with Gasteiger partial charge in [-0.25, -0.2) is 0 Å². The topological polar surface area (TPSA) is 248 Å². The van der Waals surface area contributed by atoms with Gasteiger partial charge in [0.1, 0.15) is 23.1 Å². The summed E-state index contributed by atoms with van der Waals surface area (Å²) in [6, 6.07) is 28.3. The molecule has 65 heavy (non-hydrogen) atoms. The van der Waals surface area contributed by atoms with Gasteiger partial charge in [0.15, 0.2) is 11.6 Å². The van der Waals surface area contributed by atoms with Crippen molar-refractivity contribution in [2.75, 3.05) is 35.3 Å². The number of aromatic amines is 2. The fraction of sp³-hybridized carbons (Fsp3) is 0.217. The van der Waals surface area contributed by atoms with E-state index in [9.17, 15) is 0 Å². The van der Waals surface area contributed by atoms with Crippen molar-refractivity contribution in [3.8, 4) is 58.1 Å². The molecule has 8 aromatic rings. The molecule has 8 N–H and O–H groups in total. The Hall–Kier alpha value is -7.99. The number of aryl methyl sites for hydroxylation is 3. The fourth-order valence-electron chi connectivity index (χ4n) is 7.37. The summed E-state index contributed by atoms with van der Waals surface area (Å²) in [5.41, 5.74) is 20.0. The molecule has 0 saturated carbocycles. The number of nitrogens with zero attached hydrogens (tertiary/aromatic N) is 8. The number of H-pyrrole nitrogens is 2. The van der Waals surface area contributed by atoms with Crippen LogP contribution in [-0.4, -0.2) is 63.5 Å². The summed E-state index contributed by atoms with van der Waals surface area (Å²) >= 11 is 6.75. The van der Waals surface area contributed by atoms with Gasteiger partial charge in [-0.2, -0.15) is 29.9 Å². The van der Waals surface area contributed by atoms with E-state index in [1.165, 1.54) is 30.0 Å². The van der Waals surface area contributed by atoms with Crippen LogP contribution in [0.15, 0.2) is 91.0 Å². The molecule has 1 aliphatic carbocycles. The Labute approximate surface area is 378 Å². The van der Waals surface area contributed by atoms with Crippen LogP contribution in [0.4, 0.5) is 34.9 Å². The number of nitrogen functional groups attached to an aromatic ring is 2. The zero-order chi connectivity index (χ0) is 44.7. The van der Waals surface area contributed by atoms with Crippen molar-refractivity contribution in [3.05, 3.63) is 118 Å². The van der Waals surface area contributed by atoms with E-state index in [-0.39, 0.29) is 35.4 Å². The monoisotopic (exact) mass is 892 g/mol. The van der Waals surface area contributed by atoms with Crippen LogP contribution in [0, 0.1) is 6.92 Å². The lowest BCUT2D eigenvalue weighted by molar-refractivity contribution is 0.283. The summed E-state index contributed by atoms with van der Waals surface area (Å²) in [4.78, 5) is 26.3. The van der Waals surface area contributed by atoms with Crippen LogP contribution < -0.4 is 41.0 Å². The minimum absolute atomic E-state index is 0.102. The van der Waals surface area contributed by atoms with Gasteiger partial charge in [-0.1, -0.05) is 23.7 Å². The first-order valence-electron chi connectivity index (χ1n) is 21.1. The molecule has 4 aromatic carbocycles. The van der Waals surface area contributed by atoms with Crippen molar-refractivity contribution in [1.29, 1.82) is 0 Å². The van der Waals surface area contributed by atoms with E-state index in [2.05, 4.69) is 79.1 Å². The Balaban J connectivity index is 0.766. The van der Waals surface area contributed by atoms with Crippen LogP contribution >= 0.6 is 11.6 Å². The maximum absolute atomic E-state index is 6.75. The van der Waals surface area contributed by atoms with E-state index in [0.717, 1.165) is 46.5 Å². The largest absolute Gasteiger partial charge is 0.464 e. The number of nitrogens with one attached hydrogen (secondary N) is 4. The highest BCUT2D eigenvalue weighted by atomic mass is 35.5. The fourth-order valence-corrected chi connectivity index (χ4v) is 7.58. The predicted molar refractivity (Wildman–Crippen MR) is 247 cm³/mol. The molecule has 4 heterocycles. The van der Waals surface area contributed by atoms with Gasteiger partial charge in [0, 0.05) is 39.7 Å². The van der Waals surface area contributed by atoms with Gasteiger partial charge < -0.3 is 41.0 Å². The first-order chi connectivity index (χ1) is 31.7. The Morgan fingerprint density at radius 2 is 1.28 bits per heavy atom. The molecule has 19 heteroatoms. The summed E-state index contributed by atoms with van der Waals surface area (Å²) < 4.78 is 23.2. The Morgan fingerprint density at radius 3 is 1.91 bits per heavy atom. The number of aromatic nitrogens is 10.